The molecule has 10 heteroatoms. The van der Waals surface area contributed by atoms with Crippen LogP contribution in [0.15, 0.2) is 31.3 Å². The Bertz CT molecular complexity index is 644. The van der Waals surface area contributed by atoms with Crippen molar-refractivity contribution in [2.45, 2.75) is 0 Å². The second-order valence-electron chi connectivity index (χ2n) is 3.49. The summed E-state index contributed by atoms with van der Waals surface area (Å²) in [5, 5.41) is 0. The van der Waals surface area contributed by atoms with Crippen molar-refractivity contribution in [1.29, 1.82) is 0 Å². The molecule has 0 aliphatic carbocycles. The number of anilines is 1. The molecular weight excluding hydrogens is 725 g/mol. The van der Waals surface area contributed by atoms with E-state index < -0.39 is 11.8 Å². The van der Waals surface area contributed by atoms with Crippen LogP contribution >= 0.6 is 112 Å². The summed E-state index contributed by atoms with van der Waals surface area (Å²) in [6.07, 6.45) is 0. The molecule has 0 N–H and O–H groups in total. The summed E-state index contributed by atoms with van der Waals surface area (Å²) in [7, 11) is 0. The van der Waals surface area contributed by atoms with E-state index in [1.807, 2.05) is 0 Å². The van der Waals surface area contributed by atoms with Gasteiger partial charge in [-0.25, -0.2) is 4.90 Å². The number of imide groups is 1. The smallest absolute Gasteiger partial charge is 0.268 e. The summed E-state index contributed by atoms with van der Waals surface area (Å²) in [5.41, 5.74) is 0.411. The summed E-state index contributed by atoms with van der Waals surface area (Å²) >= 11 is 23.2. The molecule has 0 fully saturated rings. The quantitative estimate of drug-likeness (QED) is 0.192. The molecule has 0 saturated carbocycles. The number of carbonyl (C=O) groups excluding carboxylic acids is 2. The van der Waals surface area contributed by atoms with Crippen LogP contribution in [-0.4, -0.2) is 11.8 Å². The Kier molecular flexibility index (Phi) is 5.81. The normalized spacial score (nSPS) is 15.7. The van der Waals surface area contributed by atoms with Crippen LogP contribution in [0.3, 0.4) is 0 Å². The van der Waals surface area contributed by atoms with E-state index in [1.165, 1.54) is 0 Å². The first kappa shape index (κ1) is 17.8. The zero-order valence-corrected chi connectivity index (χ0v) is 20.0. The topological polar surface area (TPSA) is 37.4 Å². The van der Waals surface area contributed by atoms with Gasteiger partial charge in [0.2, 0.25) is 0 Å². The van der Waals surface area contributed by atoms with Crippen molar-refractivity contribution >= 4 is 129 Å². The third kappa shape index (κ3) is 2.71. The fourth-order valence-corrected chi connectivity index (χ4v) is 5.54. The maximum absolute atomic E-state index is 12.2. The SMILES string of the molecule is O=C1C(Br)=C(Br)C(=O)N1c1c(Br)c(Br)c(Br)c(Br)c1Br. The van der Waals surface area contributed by atoms with Gasteiger partial charge in [0.15, 0.2) is 0 Å². The van der Waals surface area contributed by atoms with Gasteiger partial charge >= 0.3 is 0 Å². The van der Waals surface area contributed by atoms with Gasteiger partial charge in [0.1, 0.15) is 8.96 Å². The molecule has 0 aromatic heterocycles. The van der Waals surface area contributed by atoms with Crippen LogP contribution in [0.2, 0.25) is 0 Å². The molecule has 0 spiro atoms. The maximum Gasteiger partial charge on any atom is 0.273 e. The molecule has 0 atom stereocenters. The van der Waals surface area contributed by atoms with Gasteiger partial charge in [0.25, 0.3) is 11.8 Å². The molecule has 2 rings (SSSR count). The summed E-state index contributed by atoms with van der Waals surface area (Å²) in [5.74, 6) is -0.881. The lowest BCUT2D eigenvalue weighted by Crippen LogP contribution is -2.31. The molecule has 0 bridgehead atoms. The molecule has 20 heavy (non-hydrogen) atoms. The van der Waals surface area contributed by atoms with Crippen molar-refractivity contribution in [1.82, 2.24) is 0 Å². The van der Waals surface area contributed by atoms with Gasteiger partial charge in [-0.05, 0) is 112 Å². The number of nitrogens with zero attached hydrogens (tertiary/aromatic N) is 1. The van der Waals surface area contributed by atoms with Crippen LogP contribution in [0.1, 0.15) is 0 Å². The fraction of sp³-hybridized carbons (Fsp3) is 0. The summed E-state index contributed by atoms with van der Waals surface area (Å²) in [6, 6.07) is 0. The zero-order valence-electron chi connectivity index (χ0n) is 8.91. The zero-order chi connectivity index (χ0) is 15.4. The Balaban J connectivity index is 2.74. The van der Waals surface area contributed by atoms with Crippen molar-refractivity contribution in [2.75, 3.05) is 4.90 Å². The minimum atomic E-state index is -0.440. The number of halogens is 7. The van der Waals surface area contributed by atoms with Gasteiger partial charge in [-0.3, -0.25) is 9.59 Å². The van der Waals surface area contributed by atoms with E-state index in [1.54, 1.807) is 0 Å². The first-order valence-electron chi connectivity index (χ1n) is 4.65. The van der Waals surface area contributed by atoms with Crippen LogP contribution in [-0.2, 0) is 9.59 Å². The van der Waals surface area contributed by atoms with Crippen LogP contribution in [0.25, 0.3) is 0 Å². The fourth-order valence-electron chi connectivity index (χ4n) is 1.47. The van der Waals surface area contributed by atoms with Gasteiger partial charge in [-0.1, -0.05) is 0 Å². The summed E-state index contributed by atoms with van der Waals surface area (Å²) in [6.45, 7) is 0. The van der Waals surface area contributed by atoms with Crippen molar-refractivity contribution in [3.8, 4) is 0 Å². The highest BCUT2D eigenvalue weighted by atomic mass is 79.9. The molecule has 0 unspecified atom stereocenters. The first-order chi connectivity index (χ1) is 9.20. The molecule has 1 aromatic rings. The minimum absolute atomic E-state index is 0.191. The van der Waals surface area contributed by atoms with E-state index in [4.69, 9.17) is 0 Å². The van der Waals surface area contributed by atoms with Gasteiger partial charge in [-0.15, -0.1) is 0 Å². The molecule has 1 heterocycles. The molecule has 2 amide bonds. The minimum Gasteiger partial charge on any atom is -0.268 e. The Morgan fingerprint density at radius 3 is 1.20 bits per heavy atom. The number of amides is 2. The lowest BCUT2D eigenvalue weighted by Gasteiger charge is -2.20. The Morgan fingerprint density at radius 1 is 0.550 bits per heavy atom. The first-order valence-corrected chi connectivity index (χ1v) is 10.2. The third-order valence-electron chi connectivity index (χ3n) is 2.38. The number of rotatable bonds is 1. The maximum atomic E-state index is 12.2. The van der Waals surface area contributed by atoms with Crippen LogP contribution < -0.4 is 4.90 Å². The predicted molar refractivity (Wildman–Crippen MR) is 102 cm³/mol. The number of benzene rings is 1. The predicted octanol–water partition coefficient (Wildman–Crippen LogP) is 6.37. The van der Waals surface area contributed by atoms with Crippen molar-refractivity contribution in [3.05, 3.63) is 31.3 Å². The largest absolute Gasteiger partial charge is 0.273 e. The average molecular weight is 725 g/mol. The highest BCUT2D eigenvalue weighted by Gasteiger charge is 2.40. The van der Waals surface area contributed by atoms with E-state index in [0.717, 1.165) is 9.37 Å². The van der Waals surface area contributed by atoms with Gasteiger partial charge < -0.3 is 0 Å². The van der Waals surface area contributed by atoms with Crippen LogP contribution in [0, 0.1) is 0 Å². The number of hydrogen-bond acceptors (Lipinski definition) is 2. The van der Waals surface area contributed by atoms with Crippen molar-refractivity contribution in [2.24, 2.45) is 0 Å². The Labute approximate surface area is 172 Å². The van der Waals surface area contributed by atoms with Gasteiger partial charge in [0.05, 0.1) is 14.6 Å². The van der Waals surface area contributed by atoms with E-state index in [-0.39, 0.29) is 8.96 Å². The lowest BCUT2D eigenvalue weighted by atomic mass is 10.3. The molecule has 106 valence electrons. The van der Waals surface area contributed by atoms with Crippen LogP contribution in [0.4, 0.5) is 5.69 Å². The molecule has 0 saturated heterocycles. The van der Waals surface area contributed by atoms with E-state index in [2.05, 4.69) is 112 Å². The van der Waals surface area contributed by atoms with Crippen LogP contribution in [0.5, 0.6) is 0 Å². The average Bonchev–Trinajstić information content (AvgIpc) is 2.61. The Morgan fingerprint density at radius 2 is 0.850 bits per heavy atom. The number of hydrogen-bond donors (Lipinski definition) is 0. The Hall–Kier alpha value is 1.46. The summed E-state index contributed by atoms with van der Waals surface area (Å²) < 4.78 is 3.65. The van der Waals surface area contributed by atoms with Crippen molar-refractivity contribution < 1.29 is 9.59 Å². The molecule has 0 radical (unpaired) electrons. The highest BCUT2D eigenvalue weighted by molar-refractivity contribution is 9.16. The van der Waals surface area contributed by atoms with Gasteiger partial charge in [0, 0.05) is 13.4 Å². The second kappa shape index (κ2) is 6.52. The molecule has 3 nitrogen and oxygen atoms in total. The lowest BCUT2D eigenvalue weighted by molar-refractivity contribution is -0.120. The molecular formula is C10Br7NO2. The highest BCUT2D eigenvalue weighted by Crippen LogP contribution is 2.50. The molecule has 1 aromatic carbocycles. The van der Waals surface area contributed by atoms with E-state index in [0.29, 0.717) is 23.6 Å². The van der Waals surface area contributed by atoms with Crippen molar-refractivity contribution in [3.63, 3.8) is 0 Å². The molecule has 1 aliphatic heterocycles. The monoisotopic (exact) mass is 718 g/mol. The summed E-state index contributed by atoms with van der Waals surface area (Å²) in [4.78, 5) is 25.5. The number of carbonyl (C=O) groups is 2. The standard InChI is InChI=1S/C10Br7NO2/c11-1-2(12)4(14)8(5(15)3(1)13)18-9(19)6(16)7(17)10(18)20. The van der Waals surface area contributed by atoms with Gasteiger partial charge in [-0.2, -0.15) is 0 Å². The second-order valence-corrected chi connectivity index (χ2v) is 9.04. The third-order valence-corrected chi connectivity index (χ3v) is 10.4. The van der Waals surface area contributed by atoms with E-state index >= 15 is 0 Å². The molecule has 1 aliphatic rings. The van der Waals surface area contributed by atoms with E-state index in [9.17, 15) is 9.59 Å².